The number of halogens is 1. The Hall–Kier alpha value is -1.84. The fraction of sp³-hybridized carbons (Fsp3) is 0.235. The van der Waals surface area contributed by atoms with Crippen LogP contribution in [-0.4, -0.2) is 16.1 Å². The average Bonchev–Trinajstić information content (AvgIpc) is 2.84. The monoisotopic (exact) mass is 299 g/mol. The lowest BCUT2D eigenvalue weighted by molar-refractivity contribution is 0.942. The van der Waals surface area contributed by atoms with E-state index in [1.807, 2.05) is 24.5 Å². The molecule has 4 heteroatoms. The summed E-state index contributed by atoms with van der Waals surface area (Å²) in [6.07, 6.45) is 2.67. The highest BCUT2D eigenvalue weighted by atomic mass is 35.5. The highest BCUT2D eigenvalue weighted by Crippen LogP contribution is 2.26. The smallest absolute Gasteiger partial charge is 0.100 e. The Labute approximate surface area is 129 Å². The second-order valence-corrected chi connectivity index (χ2v) is 5.79. The minimum atomic E-state index is 0.611. The van der Waals surface area contributed by atoms with Gasteiger partial charge in [-0.25, -0.2) is 4.98 Å². The molecule has 2 N–H and O–H groups in total. The molecule has 0 unspecified atom stereocenters. The number of fused-ring (bicyclic) bond motifs is 1. The van der Waals surface area contributed by atoms with E-state index in [0.29, 0.717) is 6.54 Å². The van der Waals surface area contributed by atoms with E-state index in [1.54, 1.807) is 0 Å². The van der Waals surface area contributed by atoms with Crippen LogP contribution in [0.2, 0.25) is 5.02 Å². The number of nitrogens with two attached hydrogens (primary N) is 1. The van der Waals surface area contributed by atoms with Gasteiger partial charge in [0.1, 0.15) is 6.33 Å². The van der Waals surface area contributed by atoms with Crippen molar-refractivity contribution in [1.29, 1.82) is 0 Å². The summed E-state index contributed by atoms with van der Waals surface area (Å²) in [4.78, 5) is 4.52. The fourth-order valence-electron chi connectivity index (χ4n) is 2.58. The molecule has 0 spiro atoms. The average molecular weight is 300 g/mol. The zero-order valence-electron chi connectivity index (χ0n) is 12.2. The van der Waals surface area contributed by atoms with Crippen LogP contribution in [0.5, 0.6) is 0 Å². The molecular weight excluding hydrogens is 282 g/mol. The second-order valence-electron chi connectivity index (χ2n) is 5.35. The third-order valence-corrected chi connectivity index (χ3v) is 4.12. The quantitative estimate of drug-likeness (QED) is 0.799. The van der Waals surface area contributed by atoms with Gasteiger partial charge in [-0.1, -0.05) is 17.7 Å². The van der Waals surface area contributed by atoms with Crippen molar-refractivity contribution in [3.63, 3.8) is 0 Å². The molecule has 0 aliphatic rings. The molecule has 0 saturated carbocycles. The molecule has 1 heterocycles. The van der Waals surface area contributed by atoms with E-state index >= 15 is 0 Å². The van der Waals surface area contributed by atoms with E-state index in [4.69, 9.17) is 17.3 Å². The Kier molecular flexibility index (Phi) is 3.70. The summed E-state index contributed by atoms with van der Waals surface area (Å²) in [5.74, 6) is 0. The highest BCUT2D eigenvalue weighted by Gasteiger charge is 2.10. The van der Waals surface area contributed by atoms with Crippen LogP contribution >= 0.6 is 11.6 Å². The molecular formula is C17H18ClN3. The molecule has 108 valence electrons. The van der Waals surface area contributed by atoms with Gasteiger partial charge >= 0.3 is 0 Å². The third kappa shape index (κ3) is 2.55. The Morgan fingerprint density at radius 2 is 1.90 bits per heavy atom. The number of rotatable bonds is 3. The van der Waals surface area contributed by atoms with Crippen molar-refractivity contribution in [3.05, 3.63) is 58.4 Å². The molecule has 0 atom stereocenters. The van der Waals surface area contributed by atoms with Crippen molar-refractivity contribution in [2.24, 2.45) is 5.73 Å². The first-order valence-corrected chi connectivity index (χ1v) is 7.41. The van der Waals surface area contributed by atoms with Crippen molar-refractivity contribution >= 4 is 22.6 Å². The maximum absolute atomic E-state index is 6.18. The summed E-state index contributed by atoms with van der Waals surface area (Å²) in [6, 6.07) is 10.2. The maximum atomic E-state index is 6.18. The van der Waals surface area contributed by atoms with Crippen molar-refractivity contribution < 1.29 is 0 Å². The molecule has 0 saturated heterocycles. The van der Waals surface area contributed by atoms with Crippen LogP contribution in [0.1, 0.15) is 16.7 Å². The molecule has 0 amide bonds. The standard InChI is InChI=1S/C17H18ClN3/c1-11-7-15-17(8-12(11)2)21(10-20-15)16-9-14(18)4-3-13(16)5-6-19/h3-4,7-10H,5-6,19H2,1-2H3. The number of imidazole rings is 1. The molecule has 3 nitrogen and oxygen atoms in total. The first kappa shape index (κ1) is 14.1. The predicted molar refractivity (Wildman–Crippen MR) is 88.3 cm³/mol. The Morgan fingerprint density at radius 1 is 1.14 bits per heavy atom. The van der Waals surface area contributed by atoms with E-state index in [2.05, 4.69) is 35.5 Å². The normalized spacial score (nSPS) is 11.2. The molecule has 21 heavy (non-hydrogen) atoms. The van der Waals surface area contributed by atoms with Crippen LogP contribution in [0.4, 0.5) is 0 Å². The molecule has 0 radical (unpaired) electrons. The van der Waals surface area contributed by atoms with Crippen molar-refractivity contribution in [2.75, 3.05) is 6.54 Å². The Bertz CT molecular complexity index is 805. The van der Waals surface area contributed by atoms with Gasteiger partial charge in [-0.2, -0.15) is 0 Å². The number of hydrogen-bond donors (Lipinski definition) is 1. The molecule has 3 rings (SSSR count). The molecule has 0 aliphatic heterocycles. The van der Waals surface area contributed by atoms with E-state index < -0.39 is 0 Å². The maximum Gasteiger partial charge on any atom is 0.100 e. The molecule has 2 aromatic carbocycles. The SMILES string of the molecule is Cc1cc2ncn(-c3cc(Cl)ccc3CCN)c2cc1C. The third-order valence-electron chi connectivity index (χ3n) is 3.88. The molecule has 0 bridgehead atoms. The summed E-state index contributed by atoms with van der Waals surface area (Å²) in [5, 5.41) is 0.719. The van der Waals surface area contributed by atoms with Crippen LogP contribution in [-0.2, 0) is 6.42 Å². The Balaban J connectivity index is 2.25. The number of aryl methyl sites for hydroxylation is 2. The summed E-state index contributed by atoms with van der Waals surface area (Å²) in [6.45, 7) is 4.83. The predicted octanol–water partition coefficient (Wildman–Crippen LogP) is 3.80. The van der Waals surface area contributed by atoms with Crippen LogP contribution in [0.25, 0.3) is 16.7 Å². The second kappa shape index (κ2) is 5.51. The van der Waals surface area contributed by atoms with Gasteiger partial charge in [-0.15, -0.1) is 0 Å². The lowest BCUT2D eigenvalue weighted by atomic mass is 10.1. The first-order chi connectivity index (χ1) is 10.1. The van der Waals surface area contributed by atoms with Crippen LogP contribution < -0.4 is 5.73 Å². The van der Waals surface area contributed by atoms with Crippen molar-refractivity contribution in [3.8, 4) is 5.69 Å². The van der Waals surface area contributed by atoms with Crippen LogP contribution in [0, 0.1) is 13.8 Å². The lowest BCUT2D eigenvalue weighted by Gasteiger charge is -2.12. The fourth-order valence-corrected chi connectivity index (χ4v) is 2.75. The molecule has 0 aliphatic carbocycles. The van der Waals surface area contributed by atoms with E-state index in [0.717, 1.165) is 28.2 Å². The summed E-state index contributed by atoms with van der Waals surface area (Å²) in [7, 11) is 0. The minimum absolute atomic E-state index is 0.611. The van der Waals surface area contributed by atoms with E-state index in [1.165, 1.54) is 16.7 Å². The number of nitrogens with zero attached hydrogens (tertiary/aromatic N) is 2. The highest BCUT2D eigenvalue weighted by molar-refractivity contribution is 6.30. The molecule has 1 aromatic heterocycles. The van der Waals surface area contributed by atoms with Gasteiger partial charge in [-0.05, 0) is 67.8 Å². The lowest BCUT2D eigenvalue weighted by Crippen LogP contribution is -2.06. The van der Waals surface area contributed by atoms with E-state index in [-0.39, 0.29) is 0 Å². The minimum Gasteiger partial charge on any atom is -0.330 e. The van der Waals surface area contributed by atoms with Crippen molar-refractivity contribution in [2.45, 2.75) is 20.3 Å². The Morgan fingerprint density at radius 3 is 2.67 bits per heavy atom. The van der Waals surface area contributed by atoms with Crippen LogP contribution in [0.15, 0.2) is 36.7 Å². The van der Waals surface area contributed by atoms with Gasteiger partial charge in [0, 0.05) is 5.02 Å². The van der Waals surface area contributed by atoms with Gasteiger partial charge in [-0.3, -0.25) is 4.57 Å². The summed E-state index contributed by atoms with van der Waals surface area (Å²) >= 11 is 6.18. The van der Waals surface area contributed by atoms with Gasteiger partial charge in [0.2, 0.25) is 0 Å². The van der Waals surface area contributed by atoms with E-state index in [9.17, 15) is 0 Å². The van der Waals surface area contributed by atoms with Crippen molar-refractivity contribution in [1.82, 2.24) is 9.55 Å². The molecule has 0 fully saturated rings. The van der Waals surface area contributed by atoms with Crippen LogP contribution in [0.3, 0.4) is 0 Å². The summed E-state index contributed by atoms with van der Waals surface area (Å²) < 4.78 is 2.10. The number of aromatic nitrogens is 2. The largest absolute Gasteiger partial charge is 0.330 e. The zero-order chi connectivity index (χ0) is 15.0. The first-order valence-electron chi connectivity index (χ1n) is 7.03. The number of benzene rings is 2. The topological polar surface area (TPSA) is 43.8 Å². The van der Waals surface area contributed by atoms with Gasteiger partial charge in [0.15, 0.2) is 0 Å². The number of hydrogen-bond acceptors (Lipinski definition) is 2. The van der Waals surface area contributed by atoms with Gasteiger partial charge in [0.25, 0.3) is 0 Å². The zero-order valence-corrected chi connectivity index (χ0v) is 13.0. The van der Waals surface area contributed by atoms with Gasteiger partial charge in [0.05, 0.1) is 16.7 Å². The van der Waals surface area contributed by atoms with Gasteiger partial charge < -0.3 is 5.73 Å². The molecule has 3 aromatic rings. The summed E-state index contributed by atoms with van der Waals surface area (Å²) in [5.41, 5.74) is 12.6.